The molecule has 2 unspecified atom stereocenters. The molecule has 12 heteroatoms. The highest BCUT2D eigenvalue weighted by Gasteiger charge is 2.45. The Bertz CT molecular complexity index is 1960. The molecule has 3 atom stereocenters. The van der Waals surface area contributed by atoms with E-state index in [4.69, 9.17) is 4.74 Å². The summed E-state index contributed by atoms with van der Waals surface area (Å²) in [5.41, 5.74) is 4.16. The first kappa shape index (κ1) is 37.8. The van der Waals surface area contributed by atoms with Crippen LogP contribution in [0.4, 0.5) is 11.4 Å². The molecule has 3 aromatic carbocycles. The fourth-order valence-corrected chi connectivity index (χ4v) is 8.16. The standard InChI is InChI=1S/C43H49N5O7/c49-38-13-6-5-12-35(38)39(50)18-21-46-27-33-26-32(46)28-47(33)31-11-9-10-29(24-31)19-23-55-22-8-4-2-1-3-7-20-44-30-14-15-34-36(25-30)43(54)48(42(34)53)37-16-17-40(51)45-41(37)52/h5-6,9-15,18,21,24-25,32-33,37,44,49H,1-4,7-8,16-17,19-20,22-23,26-28H2,(H,45,51,52)/b21-18+/t32-,33?,37?/m1/s1. The highest BCUT2D eigenvalue weighted by molar-refractivity contribution is 6.23. The average molecular weight is 748 g/mol. The Labute approximate surface area is 321 Å². The van der Waals surface area contributed by atoms with Crippen LogP contribution >= 0.6 is 0 Å². The van der Waals surface area contributed by atoms with Gasteiger partial charge in [0.2, 0.25) is 11.8 Å². The van der Waals surface area contributed by atoms with Crippen molar-refractivity contribution in [1.29, 1.82) is 0 Å². The second-order valence-corrected chi connectivity index (χ2v) is 14.9. The summed E-state index contributed by atoms with van der Waals surface area (Å²) >= 11 is 0. The number of piperidine rings is 1. The minimum atomic E-state index is -0.962. The molecule has 0 spiro atoms. The Morgan fingerprint density at radius 1 is 0.855 bits per heavy atom. The van der Waals surface area contributed by atoms with E-state index in [1.165, 1.54) is 17.3 Å². The fraction of sp³-hybridized carbons (Fsp3) is 0.419. The molecule has 3 aromatic rings. The van der Waals surface area contributed by atoms with Crippen molar-refractivity contribution in [3.63, 3.8) is 0 Å². The molecule has 4 aliphatic heterocycles. The summed E-state index contributed by atoms with van der Waals surface area (Å²) in [6.07, 6.45) is 12.2. The summed E-state index contributed by atoms with van der Waals surface area (Å²) in [6.45, 7) is 4.00. The number of fused-ring (bicyclic) bond motifs is 3. The van der Waals surface area contributed by atoms with Crippen LogP contribution in [0.1, 0.15) is 94.4 Å². The van der Waals surface area contributed by atoms with Gasteiger partial charge in [-0.2, -0.15) is 0 Å². The number of amides is 4. The number of benzene rings is 3. The van der Waals surface area contributed by atoms with Crippen molar-refractivity contribution in [2.75, 3.05) is 43.1 Å². The number of ketones is 1. The number of hydrogen-bond acceptors (Lipinski definition) is 10. The lowest BCUT2D eigenvalue weighted by atomic mass is 10.0. The van der Waals surface area contributed by atoms with Gasteiger partial charge in [0.05, 0.1) is 23.3 Å². The number of para-hydroxylation sites is 1. The molecule has 3 N–H and O–H groups in total. The zero-order valence-corrected chi connectivity index (χ0v) is 31.1. The molecule has 55 heavy (non-hydrogen) atoms. The van der Waals surface area contributed by atoms with Gasteiger partial charge in [-0.15, -0.1) is 0 Å². The number of nitrogens with zero attached hydrogens (tertiary/aromatic N) is 3. The van der Waals surface area contributed by atoms with Gasteiger partial charge in [0, 0.05) is 68.4 Å². The van der Waals surface area contributed by atoms with Crippen LogP contribution in [0.15, 0.2) is 79.0 Å². The number of unbranched alkanes of at least 4 members (excludes halogenated alkanes) is 5. The van der Waals surface area contributed by atoms with Gasteiger partial charge in [0.15, 0.2) is 5.78 Å². The number of piperazine rings is 1. The SMILES string of the molecule is O=C1CCC(N2C(=O)c3ccc(NCCCCCCCCOCCc4cccc(N5C[C@H]6CC5CN6/C=C/C(=O)c5ccccc5O)c4)cc3C2=O)C(=O)N1. The van der Waals surface area contributed by atoms with Crippen molar-refractivity contribution in [3.8, 4) is 5.75 Å². The molecule has 288 valence electrons. The summed E-state index contributed by atoms with van der Waals surface area (Å²) in [7, 11) is 0. The van der Waals surface area contributed by atoms with E-state index in [1.807, 2.05) is 6.20 Å². The van der Waals surface area contributed by atoms with Crippen LogP contribution in [0.25, 0.3) is 0 Å². The number of phenolic OH excluding ortho intramolecular Hbond substituents is 1. The molecule has 3 saturated heterocycles. The maximum atomic E-state index is 13.0. The number of phenols is 1. The summed E-state index contributed by atoms with van der Waals surface area (Å²) in [6, 6.07) is 20.3. The normalized spacial score (nSPS) is 20.5. The van der Waals surface area contributed by atoms with Crippen molar-refractivity contribution in [2.24, 2.45) is 0 Å². The third-order valence-electron chi connectivity index (χ3n) is 11.1. The second kappa shape index (κ2) is 17.3. The summed E-state index contributed by atoms with van der Waals surface area (Å²) in [5.74, 6) is -2.17. The number of anilines is 2. The topological polar surface area (TPSA) is 149 Å². The third kappa shape index (κ3) is 8.75. The number of rotatable bonds is 18. The van der Waals surface area contributed by atoms with Gasteiger partial charge in [0.25, 0.3) is 11.8 Å². The van der Waals surface area contributed by atoms with Crippen LogP contribution < -0.4 is 15.5 Å². The molecule has 7 rings (SSSR count). The number of hydrogen-bond donors (Lipinski definition) is 3. The molecule has 4 amide bonds. The zero-order chi connectivity index (χ0) is 38.3. The van der Waals surface area contributed by atoms with Crippen molar-refractivity contribution >= 4 is 40.8 Å². The number of aromatic hydroxyl groups is 1. The number of allylic oxidation sites excluding steroid dienone is 1. The van der Waals surface area contributed by atoms with Gasteiger partial charge < -0.3 is 25.0 Å². The van der Waals surface area contributed by atoms with E-state index >= 15 is 0 Å². The first-order chi connectivity index (χ1) is 26.8. The molecule has 0 radical (unpaired) electrons. The van der Waals surface area contributed by atoms with Crippen molar-refractivity contribution in [1.82, 2.24) is 15.1 Å². The molecular weight excluding hydrogens is 699 g/mol. The maximum absolute atomic E-state index is 13.0. The van der Waals surface area contributed by atoms with Crippen LogP contribution in [0.5, 0.6) is 5.75 Å². The minimum Gasteiger partial charge on any atom is -0.507 e. The van der Waals surface area contributed by atoms with Crippen molar-refractivity contribution < 1.29 is 33.8 Å². The second-order valence-electron chi connectivity index (χ2n) is 14.9. The molecule has 3 fully saturated rings. The highest BCUT2D eigenvalue weighted by atomic mass is 16.5. The molecule has 4 aliphatic rings. The van der Waals surface area contributed by atoms with Crippen LogP contribution in [-0.4, -0.2) is 95.3 Å². The van der Waals surface area contributed by atoms with E-state index < -0.39 is 29.7 Å². The highest BCUT2D eigenvalue weighted by Crippen LogP contribution is 2.35. The summed E-state index contributed by atoms with van der Waals surface area (Å²) < 4.78 is 5.98. The van der Waals surface area contributed by atoms with Crippen LogP contribution in [0.3, 0.4) is 0 Å². The summed E-state index contributed by atoms with van der Waals surface area (Å²) in [5, 5.41) is 15.6. The van der Waals surface area contributed by atoms with E-state index in [9.17, 15) is 29.1 Å². The molecule has 2 bridgehead atoms. The number of likely N-dealkylation sites (tertiary alicyclic amines) is 1. The zero-order valence-electron chi connectivity index (χ0n) is 31.1. The monoisotopic (exact) mass is 747 g/mol. The Balaban J connectivity index is 0.733. The van der Waals surface area contributed by atoms with Crippen molar-refractivity contribution in [3.05, 3.63) is 101 Å². The number of imide groups is 2. The Kier molecular flexibility index (Phi) is 11.9. The number of carbonyl (C=O) groups is 5. The molecule has 0 aromatic heterocycles. The van der Waals surface area contributed by atoms with E-state index in [0.717, 1.165) is 88.2 Å². The van der Waals surface area contributed by atoms with Crippen molar-refractivity contribution in [2.45, 2.75) is 82.3 Å². The van der Waals surface area contributed by atoms with Crippen LogP contribution in [0, 0.1) is 0 Å². The quantitative estimate of drug-likeness (QED) is 0.0663. The van der Waals surface area contributed by atoms with E-state index in [0.29, 0.717) is 24.3 Å². The number of ether oxygens (including phenoxy) is 1. The molecular formula is C43H49N5O7. The number of carbonyl (C=O) groups excluding carboxylic acids is 5. The predicted molar refractivity (Wildman–Crippen MR) is 208 cm³/mol. The van der Waals surface area contributed by atoms with Gasteiger partial charge in [-0.25, -0.2) is 0 Å². The maximum Gasteiger partial charge on any atom is 0.262 e. The third-order valence-corrected chi connectivity index (χ3v) is 11.1. The van der Waals surface area contributed by atoms with Crippen LogP contribution in [-0.2, 0) is 20.7 Å². The van der Waals surface area contributed by atoms with Gasteiger partial charge in [-0.1, -0.05) is 49.9 Å². The first-order valence-electron chi connectivity index (χ1n) is 19.6. The molecule has 12 nitrogen and oxygen atoms in total. The van der Waals surface area contributed by atoms with Crippen LogP contribution in [0.2, 0.25) is 0 Å². The Morgan fingerprint density at radius 2 is 1.65 bits per heavy atom. The number of nitrogens with one attached hydrogen (secondary N) is 2. The minimum absolute atomic E-state index is 0.00690. The van der Waals surface area contributed by atoms with Gasteiger partial charge in [0.1, 0.15) is 11.8 Å². The summed E-state index contributed by atoms with van der Waals surface area (Å²) in [4.78, 5) is 68.0. The fourth-order valence-electron chi connectivity index (χ4n) is 8.16. The Morgan fingerprint density at radius 3 is 2.45 bits per heavy atom. The molecule has 0 saturated carbocycles. The first-order valence-corrected chi connectivity index (χ1v) is 19.6. The average Bonchev–Trinajstić information content (AvgIpc) is 3.86. The van der Waals surface area contributed by atoms with Gasteiger partial charge in [-0.05, 0) is 80.1 Å². The lowest BCUT2D eigenvalue weighted by Crippen LogP contribution is -2.54. The lowest BCUT2D eigenvalue weighted by molar-refractivity contribution is -0.136. The largest absolute Gasteiger partial charge is 0.507 e. The molecule has 0 aliphatic carbocycles. The predicted octanol–water partition coefficient (Wildman–Crippen LogP) is 5.46. The van der Waals surface area contributed by atoms with E-state index in [-0.39, 0.29) is 35.5 Å². The Hall–Kier alpha value is -5.49. The van der Waals surface area contributed by atoms with Gasteiger partial charge in [-0.3, -0.25) is 34.2 Å². The molecule has 4 heterocycles. The van der Waals surface area contributed by atoms with E-state index in [2.05, 4.69) is 44.7 Å². The van der Waals surface area contributed by atoms with E-state index in [1.54, 1.807) is 42.5 Å². The smallest absolute Gasteiger partial charge is 0.262 e. The van der Waals surface area contributed by atoms with Gasteiger partial charge >= 0.3 is 0 Å². The lowest BCUT2D eigenvalue weighted by Gasteiger charge is -2.35.